The standard InChI is InChI=1S/C12H15N3/c1-3-9-4-5-11-10(7-9)12(15-13)6-8(2)14-11/h4-7H,3,13H2,1-2H3,(H,14,15). The first kappa shape index (κ1) is 9.93. The Labute approximate surface area is 89.3 Å². The van der Waals surface area contributed by atoms with Crippen LogP contribution in [0.1, 0.15) is 18.2 Å². The van der Waals surface area contributed by atoms with E-state index in [0.29, 0.717) is 0 Å². The maximum atomic E-state index is 5.50. The number of fused-ring (bicyclic) bond motifs is 1. The van der Waals surface area contributed by atoms with Crippen molar-refractivity contribution in [1.29, 1.82) is 0 Å². The van der Waals surface area contributed by atoms with Crippen LogP contribution in [0, 0.1) is 6.92 Å². The number of hydrazine groups is 1. The molecule has 1 aromatic carbocycles. The third kappa shape index (κ3) is 1.78. The summed E-state index contributed by atoms with van der Waals surface area (Å²) in [5.74, 6) is 5.50. The maximum Gasteiger partial charge on any atom is 0.0726 e. The Morgan fingerprint density at radius 1 is 1.33 bits per heavy atom. The van der Waals surface area contributed by atoms with Crippen LogP contribution in [0.2, 0.25) is 0 Å². The van der Waals surface area contributed by atoms with Crippen LogP contribution in [-0.4, -0.2) is 4.98 Å². The maximum absolute atomic E-state index is 5.50. The minimum absolute atomic E-state index is 0.938. The van der Waals surface area contributed by atoms with Gasteiger partial charge in [-0.05, 0) is 37.1 Å². The van der Waals surface area contributed by atoms with Crippen molar-refractivity contribution in [3.8, 4) is 0 Å². The molecule has 0 saturated carbocycles. The number of nitrogen functional groups attached to an aromatic ring is 1. The third-order valence-corrected chi connectivity index (χ3v) is 2.56. The van der Waals surface area contributed by atoms with Crippen molar-refractivity contribution in [2.24, 2.45) is 5.84 Å². The summed E-state index contributed by atoms with van der Waals surface area (Å²) >= 11 is 0. The van der Waals surface area contributed by atoms with E-state index in [1.54, 1.807) is 0 Å². The number of nitrogens with two attached hydrogens (primary N) is 1. The molecule has 2 rings (SSSR count). The molecule has 3 nitrogen and oxygen atoms in total. The van der Waals surface area contributed by atoms with Crippen molar-refractivity contribution in [2.45, 2.75) is 20.3 Å². The molecule has 0 atom stereocenters. The summed E-state index contributed by atoms with van der Waals surface area (Å²) in [6.45, 7) is 4.10. The van der Waals surface area contributed by atoms with Gasteiger partial charge in [-0.15, -0.1) is 0 Å². The van der Waals surface area contributed by atoms with Gasteiger partial charge in [0.1, 0.15) is 0 Å². The summed E-state index contributed by atoms with van der Waals surface area (Å²) in [5.41, 5.74) is 6.91. The Kier molecular flexibility index (Phi) is 2.56. The molecule has 15 heavy (non-hydrogen) atoms. The van der Waals surface area contributed by atoms with Crippen molar-refractivity contribution in [3.05, 3.63) is 35.5 Å². The first-order chi connectivity index (χ1) is 7.24. The average Bonchev–Trinajstić information content (AvgIpc) is 2.27. The summed E-state index contributed by atoms with van der Waals surface area (Å²) in [6, 6.07) is 8.25. The highest BCUT2D eigenvalue weighted by molar-refractivity contribution is 5.91. The molecule has 0 bridgehead atoms. The van der Waals surface area contributed by atoms with Crippen molar-refractivity contribution in [2.75, 3.05) is 5.43 Å². The molecule has 1 heterocycles. The van der Waals surface area contributed by atoms with Crippen LogP contribution in [0.3, 0.4) is 0 Å². The van der Waals surface area contributed by atoms with E-state index >= 15 is 0 Å². The van der Waals surface area contributed by atoms with E-state index in [1.165, 1.54) is 5.56 Å². The smallest absolute Gasteiger partial charge is 0.0726 e. The van der Waals surface area contributed by atoms with Gasteiger partial charge in [-0.1, -0.05) is 13.0 Å². The van der Waals surface area contributed by atoms with Crippen LogP contribution in [-0.2, 0) is 6.42 Å². The number of nitrogens with one attached hydrogen (secondary N) is 1. The summed E-state index contributed by atoms with van der Waals surface area (Å²) < 4.78 is 0. The van der Waals surface area contributed by atoms with Gasteiger partial charge in [0, 0.05) is 11.1 Å². The van der Waals surface area contributed by atoms with Gasteiger partial charge in [-0.3, -0.25) is 10.8 Å². The molecule has 0 fully saturated rings. The molecular formula is C12H15N3. The molecule has 0 saturated heterocycles. The van der Waals surface area contributed by atoms with E-state index < -0.39 is 0 Å². The molecule has 0 radical (unpaired) electrons. The Bertz CT molecular complexity index is 491. The van der Waals surface area contributed by atoms with Crippen molar-refractivity contribution < 1.29 is 0 Å². The Hall–Kier alpha value is -1.61. The number of hydrogen-bond donors (Lipinski definition) is 2. The van der Waals surface area contributed by atoms with Crippen LogP contribution in [0.5, 0.6) is 0 Å². The number of nitrogens with zero attached hydrogens (tertiary/aromatic N) is 1. The molecule has 1 aromatic heterocycles. The minimum atomic E-state index is 0.938. The lowest BCUT2D eigenvalue weighted by Gasteiger charge is -2.08. The summed E-state index contributed by atoms with van der Waals surface area (Å²) in [6.07, 6.45) is 1.02. The van der Waals surface area contributed by atoms with E-state index in [2.05, 4.69) is 29.5 Å². The number of benzene rings is 1. The van der Waals surface area contributed by atoms with E-state index in [1.807, 2.05) is 19.1 Å². The van der Waals surface area contributed by atoms with Crippen molar-refractivity contribution in [1.82, 2.24) is 4.98 Å². The lowest BCUT2D eigenvalue weighted by atomic mass is 10.1. The normalized spacial score (nSPS) is 10.6. The third-order valence-electron chi connectivity index (χ3n) is 2.56. The molecular weight excluding hydrogens is 186 g/mol. The SMILES string of the molecule is CCc1ccc2nc(C)cc(NN)c2c1. The van der Waals surface area contributed by atoms with Gasteiger partial charge in [0.2, 0.25) is 0 Å². The monoisotopic (exact) mass is 201 g/mol. The van der Waals surface area contributed by atoms with Gasteiger partial charge in [0.05, 0.1) is 11.2 Å². The lowest BCUT2D eigenvalue weighted by Crippen LogP contribution is -2.08. The molecule has 0 aliphatic heterocycles. The summed E-state index contributed by atoms with van der Waals surface area (Å²) in [7, 11) is 0. The first-order valence-electron chi connectivity index (χ1n) is 5.11. The highest BCUT2D eigenvalue weighted by Gasteiger charge is 2.03. The van der Waals surface area contributed by atoms with Crippen LogP contribution < -0.4 is 11.3 Å². The Morgan fingerprint density at radius 3 is 2.80 bits per heavy atom. The predicted octanol–water partition coefficient (Wildman–Crippen LogP) is 2.39. The second-order valence-corrected chi connectivity index (χ2v) is 3.66. The van der Waals surface area contributed by atoms with Crippen LogP contribution in [0.15, 0.2) is 24.3 Å². The molecule has 3 heteroatoms. The van der Waals surface area contributed by atoms with E-state index in [-0.39, 0.29) is 0 Å². The van der Waals surface area contributed by atoms with Gasteiger partial charge in [-0.25, -0.2) is 0 Å². The van der Waals surface area contributed by atoms with Gasteiger partial charge in [0.15, 0.2) is 0 Å². The second kappa shape index (κ2) is 3.87. The second-order valence-electron chi connectivity index (χ2n) is 3.66. The van der Waals surface area contributed by atoms with Crippen molar-refractivity contribution in [3.63, 3.8) is 0 Å². The first-order valence-corrected chi connectivity index (χ1v) is 5.11. The van der Waals surface area contributed by atoms with Gasteiger partial charge in [0.25, 0.3) is 0 Å². The zero-order valence-electron chi connectivity index (χ0n) is 9.04. The minimum Gasteiger partial charge on any atom is -0.323 e. The van der Waals surface area contributed by atoms with Crippen LogP contribution in [0.4, 0.5) is 5.69 Å². The largest absolute Gasteiger partial charge is 0.323 e. The van der Waals surface area contributed by atoms with Gasteiger partial charge >= 0.3 is 0 Å². The number of anilines is 1. The van der Waals surface area contributed by atoms with E-state index in [4.69, 9.17) is 5.84 Å². The van der Waals surface area contributed by atoms with Gasteiger partial charge < -0.3 is 5.43 Å². The topological polar surface area (TPSA) is 50.9 Å². The number of pyridine rings is 1. The number of hydrogen-bond acceptors (Lipinski definition) is 3. The molecule has 2 aromatic rings. The summed E-state index contributed by atoms with van der Waals surface area (Å²) in [4.78, 5) is 4.46. The molecule has 0 unspecified atom stereocenters. The highest BCUT2D eigenvalue weighted by Crippen LogP contribution is 2.23. The zero-order valence-corrected chi connectivity index (χ0v) is 9.04. The molecule has 3 N–H and O–H groups in total. The Balaban J connectivity index is 2.73. The van der Waals surface area contributed by atoms with Crippen LogP contribution in [0.25, 0.3) is 10.9 Å². The zero-order chi connectivity index (χ0) is 10.8. The Morgan fingerprint density at radius 2 is 2.13 bits per heavy atom. The number of aromatic nitrogens is 1. The molecule has 0 aliphatic carbocycles. The van der Waals surface area contributed by atoms with E-state index in [9.17, 15) is 0 Å². The fraction of sp³-hybridized carbons (Fsp3) is 0.250. The van der Waals surface area contributed by atoms with Crippen LogP contribution >= 0.6 is 0 Å². The van der Waals surface area contributed by atoms with Crippen molar-refractivity contribution >= 4 is 16.6 Å². The fourth-order valence-electron chi connectivity index (χ4n) is 1.74. The molecule has 0 spiro atoms. The summed E-state index contributed by atoms with van der Waals surface area (Å²) in [5, 5.41) is 1.09. The molecule has 0 amide bonds. The number of rotatable bonds is 2. The quantitative estimate of drug-likeness (QED) is 0.579. The lowest BCUT2D eigenvalue weighted by molar-refractivity contribution is 1.14. The molecule has 78 valence electrons. The molecule has 0 aliphatic rings. The van der Waals surface area contributed by atoms with E-state index in [0.717, 1.165) is 28.7 Å². The fourth-order valence-corrected chi connectivity index (χ4v) is 1.74. The highest BCUT2D eigenvalue weighted by atomic mass is 15.2. The van der Waals surface area contributed by atoms with Gasteiger partial charge in [-0.2, -0.15) is 0 Å². The number of aryl methyl sites for hydroxylation is 2. The predicted molar refractivity (Wildman–Crippen MR) is 63.7 cm³/mol. The average molecular weight is 201 g/mol.